The minimum Gasteiger partial charge on any atom is -0.369 e. The lowest BCUT2D eigenvalue weighted by Crippen LogP contribution is -2.24. The van der Waals surface area contributed by atoms with Gasteiger partial charge in [-0.25, -0.2) is 9.78 Å². The van der Waals surface area contributed by atoms with Crippen LogP contribution in [-0.2, 0) is 18.3 Å². The summed E-state index contributed by atoms with van der Waals surface area (Å²) in [6, 6.07) is 9.71. The Kier molecular flexibility index (Phi) is 4.43. The standard InChI is InChI=1S/C20H23N5O2/c1-24-17-12-22-19(23-14-6-4-5-13(9-14)10-18(21)26)11-16(17)25(20(24)27)15-7-2-3-8-15/h4-6,9,11-12,15H,2-3,7-8,10H2,1H3,(H2,21,26)(H,22,23). The van der Waals surface area contributed by atoms with E-state index in [0.717, 1.165) is 48.0 Å². The van der Waals surface area contributed by atoms with Crippen LogP contribution in [0.2, 0.25) is 0 Å². The Balaban J connectivity index is 1.70. The molecule has 7 heteroatoms. The minimum absolute atomic E-state index is 0.0132. The molecule has 0 spiro atoms. The highest BCUT2D eigenvalue weighted by Gasteiger charge is 2.23. The van der Waals surface area contributed by atoms with Crippen LogP contribution in [0.4, 0.5) is 11.5 Å². The summed E-state index contributed by atoms with van der Waals surface area (Å²) in [7, 11) is 1.79. The van der Waals surface area contributed by atoms with Gasteiger partial charge in [0.1, 0.15) is 5.82 Å². The lowest BCUT2D eigenvalue weighted by Gasteiger charge is -2.12. The number of nitrogens with one attached hydrogen (secondary N) is 1. The monoisotopic (exact) mass is 365 g/mol. The fraction of sp³-hybridized carbons (Fsp3) is 0.350. The van der Waals surface area contributed by atoms with Crippen LogP contribution < -0.4 is 16.7 Å². The smallest absolute Gasteiger partial charge is 0.329 e. The first-order valence-electron chi connectivity index (χ1n) is 9.24. The van der Waals surface area contributed by atoms with E-state index in [2.05, 4.69) is 10.3 Å². The van der Waals surface area contributed by atoms with Crippen LogP contribution in [-0.4, -0.2) is 20.0 Å². The zero-order chi connectivity index (χ0) is 19.0. The van der Waals surface area contributed by atoms with Crippen molar-refractivity contribution >= 4 is 28.4 Å². The summed E-state index contributed by atoms with van der Waals surface area (Å²) in [5.74, 6) is 0.299. The Hall–Kier alpha value is -3.09. The van der Waals surface area contributed by atoms with E-state index in [1.54, 1.807) is 17.8 Å². The van der Waals surface area contributed by atoms with Crippen molar-refractivity contribution in [3.05, 3.63) is 52.6 Å². The molecule has 2 heterocycles. The number of hydrogen-bond acceptors (Lipinski definition) is 4. The van der Waals surface area contributed by atoms with Crippen molar-refractivity contribution < 1.29 is 4.79 Å². The van der Waals surface area contributed by atoms with Gasteiger partial charge in [-0.1, -0.05) is 25.0 Å². The number of imidazole rings is 1. The Morgan fingerprint density at radius 3 is 2.78 bits per heavy atom. The van der Waals surface area contributed by atoms with Crippen LogP contribution in [0, 0.1) is 0 Å². The summed E-state index contributed by atoms with van der Waals surface area (Å²) in [6.45, 7) is 0. The fourth-order valence-corrected chi connectivity index (χ4v) is 3.95. The molecular weight excluding hydrogens is 342 g/mol. The van der Waals surface area contributed by atoms with Crippen molar-refractivity contribution in [2.24, 2.45) is 12.8 Å². The molecule has 4 rings (SSSR count). The number of rotatable bonds is 5. The molecule has 1 aliphatic carbocycles. The first kappa shape index (κ1) is 17.3. The van der Waals surface area contributed by atoms with Gasteiger partial charge in [-0.3, -0.25) is 13.9 Å². The molecule has 0 atom stereocenters. The number of nitrogens with two attached hydrogens (primary N) is 1. The van der Waals surface area contributed by atoms with E-state index < -0.39 is 0 Å². The number of anilines is 2. The number of nitrogens with zero attached hydrogens (tertiary/aromatic N) is 3. The van der Waals surface area contributed by atoms with Crippen molar-refractivity contribution in [2.75, 3.05) is 5.32 Å². The van der Waals surface area contributed by atoms with E-state index in [9.17, 15) is 9.59 Å². The Morgan fingerprint density at radius 2 is 2.04 bits per heavy atom. The van der Waals surface area contributed by atoms with E-state index in [0.29, 0.717) is 5.82 Å². The first-order valence-corrected chi connectivity index (χ1v) is 9.24. The number of fused-ring (bicyclic) bond motifs is 1. The third kappa shape index (κ3) is 3.32. The molecule has 1 fully saturated rings. The van der Waals surface area contributed by atoms with Gasteiger partial charge in [0.15, 0.2) is 0 Å². The highest BCUT2D eigenvalue weighted by molar-refractivity contribution is 5.80. The van der Waals surface area contributed by atoms with Crippen molar-refractivity contribution in [1.82, 2.24) is 14.1 Å². The van der Waals surface area contributed by atoms with Gasteiger partial charge in [0, 0.05) is 24.8 Å². The summed E-state index contributed by atoms with van der Waals surface area (Å²) in [5.41, 5.74) is 8.69. The highest BCUT2D eigenvalue weighted by Crippen LogP contribution is 2.31. The summed E-state index contributed by atoms with van der Waals surface area (Å²) in [6.07, 6.45) is 6.34. The van der Waals surface area contributed by atoms with Gasteiger partial charge in [-0.2, -0.15) is 0 Å². The van der Waals surface area contributed by atoms with Gasteiger partial charge in [0.2, 0.25) is 5.91 Å². The van der Waals surface area contributed by atoms with Gasteiger partial charge in [0.05, 0.1) is 23.7 Å². The number of aromatic nitrogens is 3. The van der Waals surface area contributed by atoms with E-state index >= 15 is 0 Å². The minimum atomic E-state index is -0.364. The number of benzene rings is 1. The molecule has 0 bridgehead atoms. The second kappa shape index (κ2) is 6.90. The largest absolute Gasteiger partial charge is 0.369 e. The van der Waals surface area contributed by atoms with Crippen LogP contribution in [0.25, 0.3) is 11.0 Å². The van der Waals surface area contributed by atoms with E-state index in [1.165, 1.54) is 0 Å². The molecule has 0 unspecified atom stereocenters. The van der Waals surface area contributed by atoms with Crippen molar-refractivity contribution in [3.8, 4) is 0 Å². The highest BCUT2D eigenvalue weighted by atomic mass is 16.2. The Labute approximate surface area is 156 Å². The number of carbonyl (C=O) groups is 1. The van der Waals surface area contributed by atoms with E-state index in [-0.39, 0.29) is 24.1 Å². The molecule has 1 aliphatic rings. The predicted octanol–water partition coefficient (Wildman–Crippen LogP) is 2.62. The lowest BCUT2D eigenvalue weighted by atomic mass is 10.1. The molecule has 1 saturated carbocycles. The number of amides is 1. The average molecular weight is 365 g/mol. The van der Waals surface area contributed by atoms with Crippen LogP contribution in [0.3, 0.4) is 0 Å². The second-order valence-corrected chi connectivity index (χ2v) is 7.18. The maximum atomic E-state index is 12.7. The molecule has 27 heavy (non-hydrogen) atoms. The van der Waals surface area contributed by atoms with E-state index in [4.69, 9.17) is 5.73 Å². The van der Waals surface area contributed by atoms with Gasteiger partial charge in [-0.05, 0) is 30.5 Å². The predicted molar refractivity (Wildman–Crippen MR) is 105 cm³/mol. The molecule has 0 aliphatic heterocycles. The Bertz CT molecular complexity index is 1060. The van der Waals surface area contributed by atoms with Crippen LogP contribution in [0.5, 0.6) is 0 Å². The number of carbonyl (C=O) groups excluding carboxylic acids is 1. The first-order chi connectivity index (χ1) is 13.0. The number of hydrogen-bond donors (Lipinski definition) is 2. The third-order valence-electron chi connectivity index (χ3n) is 5.24. The number of pyridine rings is 1. The lowest BCUT2D eigenvalue weighted by molar-refractivity contribution is -0.117. The van der Waals surface area contributed by atoms with Crippen LogP contribution in [0.1, 0.15) is 37.3 Å². The zero-order valence-electron chi connectivity index (χ0n) is 15.3. The molecule has 140 valence electrons. The molecule has 0 radical (unpaired) electrons. The molecular formula is C20H23N5O2. The average Bonchev–Trinajstić information content (AvgIpc) is 3.22. The third-order valence-corrected chi connectivity index (χ3v) is 5.24. The maximum absolute atomic E-state index is 12.7. The zero-order valence-corrected chi connectivity index (χ0v) is 15.3. The quantitative estimate of drug-likeness (QED) is 0.727. The maximum Gasteiger partial charge on any atom is 0.329 e. The van der Waals surface area contributed by atoms with Gasteiger partial charge in [-0.15, -0.1) is 0 Å². The molecule has 7 nitrogen and oxygen atoms in total. The van der Waals surface area contributed by atoms with E-state index in [1.807, 2.05) is 34.9 Å². The molecule has 0 saturated heterocycles. The SMILES string of the molecule is Cn1c(=O)n(C2CCCC2)c2cc(Nc3cccc(CC(N)=O)c3)ncc21. The summed E-state index contributed by atoms with van der Waals surface area (Å²) < 4.78 is 3.58. The molecule has 1 amide bonds. The van der Waals surface area contributed by atoms with Crippen LogP contribution in [0.15, 0.2) is 41.3 Å². The van der Waals surface area contributed by atoms with Crippen molar-refractivity contribution in [1.29, 1.82) is 0 Å². The molecule has 3 aromatic rings. The summed E-state index contributed by atoms with van der Waals surface area (Å²) in [4.78, 5) is 28.3. The van der Waals surface area contributed by atoms with Crippen molar-refractivity contribution in [3.63, 3.8) is 0 Å². The fourth-order valence-electron chi connectivity index (χ4n) is 3.95. The number of aryl methyl sites for hydroxylation is 1. The molecule has 2 aromatic heterocycles. The topological polar surface area (TPSA) is 94.9 Å². The van der Waals surface area contributed by atoms with Gasteiger partial charge in [0.25, 0.3) is 0 Å². The molecule has 3 N–H and O–H groups in total. The van der Waals surface area contributed by atoms with Crippen molar-refractivity contribution in [2.45, 2.75) is 38.1 Å². The van der Waals surface area contributed by atoms with Crippen LogP contribution >= 0.6 is 0 Å². The number of primary amides is 1. The second-order valence-electron chi connectivity index (χ2n) is 7.18. The Morgan fingerprint density at radius 1 is 1.26 bits per heavy atom. The summed E-state index contributed by atoms with van der Waals surface area (Å²) in [5, 5.41) is 3.27. The normalized spacial score (nSPS) is 14.7. The van der Waals surface area contributed by atoms with Gasteiger partial charge < -0.3 is 11.1 Å². The molecule has 1 aromatic carbocycles. The summed E-state index contributed by atoms with van der Waals surface area (Å²) >= 11 is 0. The van der Waals surface area contributed by atoms with Gasteiger partial charge >= 0.3 is 5.69 Å².